The fourth-order valence-electron chi connectivity index (χ4n) is 7.56. The molecule has 0 aliphatic heterocycles. The molecular weight excluding hydrogens is 312 g/mol. The molecule has 4 rings (SSSR count). The minimum absolute atomic E-state index is 0.0133. The quantitative estimate of drug-likeness (QED) is 0.708. The van der Waals surface area contributed by atoms with Gasteiger partial charge in [0.2, 0.25) is 0 Å². The maximum absolute atomic E-state index is 12.4. The zero-order valence-electron chi connectivity index (χ0n) is 15.7. The average molecular weight is 342 g/mol. The van der Waals surface area contributed by atoms with Crippen LogP contribution in [0.4, 0.5) is 0 Å². The molecule has 0 spiro atoms. The largest absolute Gasteiger partial charge is 0.303 e. The van der Waals surface area contributed by atoms with Crippen molar-refractivity contribution in [3.63, 3.8) is 0 Å². The first-order valence-corrected chi connectivity index (χ1v) is 10.0. The first kappa shape index (κ1) is 17.2. The molecule has 0 heterocycles. The van der Waals surface area contributed by atoms with E-state index >= 15 is 0 Å². The second kappa shape index (κ2) is 5.62. The summed E-state index contributed by atoms with van der Waals surface area (Å²) in [5.74, 6) is 2.00. The minimum Gasteiger partial charge on any atom is -0.303 e. The molecule has 4 aliphatic rings. The Bertz CT molecular complexity index is 662. The molecule has 3 saturated carbocycles. The van der Waals surface area contributed by atoms with E-state index in [1.807, 2.05) is 6.08 Å². The van der Waals surface area contributed by atoms with Crippen LogP contribution < -0.4 is 0 Å². The highest BCUT2D eigenvalue weighted by molar-refractivity contribution is 5.91. The predicted octanol–water partition coefficient (Wildman–Crippen LogP) is 4.15. The number of aldehydes is 1. The van der Waals surface area contributed by atoms with Crippen molar-refractivity contribution in [3.8, 4) is 0 Å². The summed E-state index contributed by atoms with van der Waals surface area (Å²) in [6.45, 7) is 6.33. The summed E-state index contributed by atoms with van der Waals surface area (Å²) in [4.78, 5) is 36.0. The number of hydrogen-bond donors (Lipinski definition) is 0. The molecule has 0 aromatic heterocycles. The van der Waals surface area contributed by atoms with E-state index in [9.17, 15) is 14.4 Å². The number of carbonyl (C=O) groups excluding carboxylic acids is 3. The molecule has 0 aromatic carbocycles. The van der Waals surface area contributed by atoms with Gasteiger partial charge in [0.1, 0.15) is 12.1 Å². The van der Waals surface area contributed by atoms with Crippen LogP contribution in [0.2, 0.25) is 0 Å². The molecule has 3 fully saturated rings. The first-order valence-electron chi connectivity index (χ1n) is 10.0. The highest BCUT2D eigenvalue weighted by Gasteiger charge is 2.62. The Kier molecular flexibility index (Phi) is 3.86. The van der Waals surface area contributed by atoms with Crippen molar-refractivity contribution in [2.75, 3.05) is 0 Å². The second-order valence-electron chi connectivity index (χ2n) is 9.64. The van der Waals surface area contributed by atoms with Gasteiger partial charge in [-0.1, -0.05) is 19.4 Å². The summed E-state index contributed by atoms with van der Waals surface area (Å²) in [5.41, 5.74) is 1.52. The second-order valence-corrected chi connectivity index (χ2v) is 9.64. The van der Waals surface area contributed by atoms with Gasteiger partial charge in [0, 0.05) is 18.3 Å². The van der Waals surface area contributed by atoms with Gasteiger partial charge in [-0.2, -0.15) is 0 Å². The summed E-state index contributed by atoms with van der Waals surface area (Å²) in [5, 5.41) is 0. The van der Waals surface area contributed by atoms with Crippen molar-refractivity contribution in [1.29, 1.82) is 0 Å². The van der Waals surface area contributed by atoms with Gasteiger partial charge in [-0.25, -0.2) is 0 Å². The highest BCUT2D eigenvalue weighted by Crippen LogP contribution is 2.67. The van der Waals surface area contributed by atoms with Crippen LogP contribution in [0.15, 0.2) is 11.6 Å². The summed E-state index contributed by atoms with van der Waals surface area (Å²) in [7, 11) is 0. The van der Waals surface area contributed by atoms with Crippen LogP contribution in [0.5, 0.6) is 0 Å². The SMILES string of the molecule is CC(=O)[C@H]1C(C=O)C[C@H]2[C@@H]3CCC4=CC(=O)CC[C@]4(C)[C@H]3CC[C@]12C. The minimum atomic E-state index is -0.0936. The van der Waals surface area contributed by atoms with E-state index in [0.717, 1.165) is 44.8 Å². The van der Waals surface area contributed by atoms with Crippen molar-refractivity contribution in [1.82, 2.24) is 0 Å². The van der Waals surface area contributed by atoms with E-state index < -0.39 is 0 Å². The molecular formula is C22H30O3. The van der Waals surface area contributed by atoms with Gasteiger partial charge >= 0.3 is 0 Å². The van der Waals surface area contributed by atoms with Crippen LogP contribution in [0, 0.1) is 40.4 Å². The van der Waals surface area contributed by atoms with Crippen molar-refractivity contribution < 1.29 is 14.4 Å². The molecule has 136 valence electrons. The molecule has 7 atom stereocenters. The van der Waals surface area contributed by atoms with E-state index in [1.165, 1.54) is 5.57 Å². The lowest BCUT2D eigenvalue weighted by Gasteiger charge is -2.58. The van der Waals surface area contributed by atoms with Gasteiger partial charge in [-0.3, -0.25) is 9.59 Å². The molecule has 0 radical (unpaired) electrons. The Morgan fingerprint density at radius 3 is 2.60 bits per heavy atom. The standard InChI is InChI=1S/C22H30O3/c1-13(24)20-14(12-23)10-19-17-5-4-15-11-16(25)6-8-21(15,2)18(17)7-9-22(19,20)3/h11-12,14,17-20H,4-10H2,1-3H3/t14?,17-,18+,19+,20+,21+,22+/m1/s1. The van der Waals surface area contributed by atoms with Gasteiger partial charge in [0.05, 0.1) is 0 Å². The average Bonchev–Trinajstić information content (AvgIpc) is 2.88. The van der Waals surface area contributed by atoms with Gasteiger partial charge in [0.25, 0.3) is 0 Å². The molecule has 4 aliphatic carbocycles. The van der Waals surface area contributed by atoms with Crippen LogP contribution >= 0.6 is 0 Å². The third-order valence-electron chi connectivity index (χ3n) is 8.68. The van der Waals surface area contributed by atoms with Crippen LogP contribution in [0.25, 0.3) is 0 Å². The Morgan fingerprint density at radius 2 is 1.92 bits per heavy atom. The number of carbonyl (C=O) groups is 3. The van der Waals surface area contributed by atoms with Crippen molar-refractivity contribution in [3.05, 3.63) is 11.6 Å². The lowest BCUT2D eigenvalue weighted by atomic mass is 9.46. The van der Waals surface area contributed by atoms with E-state index in [-0.39, 0.29) is 28.4 Å². The number of rotatable bonds is 2. The van der Waals surface area contributed by atoms with Crippen LogP contribution in [-0.4, -0.2) is 17.9 Å². The lowest BCUT2D eigenvalue weighted by Crippen LogP contribution is -2.51. The van der Waals surface area contributed by atoms with Gasteiger partial charge in [-0.15, -0.1) is 0 Å². The number of Topliss-reactive ketones (excluding diaryl/α,β-unsaturated/α-hetero) is 1. The van der Waals surface area contributed by atoms with E-state index in [2.05, 4.69) is 13.8 Å². The lowest BCUT2D eigenvalue weighted by molar-refractivity contribution is -0.132. The zero-order valence-corrected chi connectivity index (χ0v) is 15.7. The Labute approximate surface area is 150 Å². The van der Waals surface area contributed by atoms with Gasteiger partial charge in [-0.05, 0) is 80.1 Å². The maximum Gasteiger partial charge on any atom is 0.155 e. The molecule has 0 amide bonds. The summed E-state index contributed by atoms with van der Waals surface area (Å²) < 4.78 is 0. The molecule has 3 nitrogen and oxygen atoms in total. The highest BCUT2D eigenvalue weighted by atomic mass is 16.1. The van der Waals surface area contributed by atoms with E-state index in [0.29, 0.717) is 30.0 Å². The van der Waals surface area contributed by atoms with Gasteiger partial charge < -0.3 is 4.79 Å². The monoisotopic (exact) mass is 342 g/mol. The zero-order chi connectivity index (χ0) is 18.0. The third-order valence-corrected chi connectivity index (χ3v) is 8.68. The first-order chi connectivity index (χ1) is 11.8. The molecule has 25 heavy (non-hydrogen) atoms. The molecule has 1 unspecified atom stereocenters. The maximum atomic E-state index is 12.4. The van der Waals surface area contributed by atoms with E-state index in [4.69, 9.17) is 0 Å². The van der Waals surface area contributed by atoms with Crippen LogP contribution in [0.1, 0.15) is 65.7 Å². The Morgan fingerprint density at radius 1 is 1.16 bits per heavy atom. The fourth-order valence-corrected chi connectivity index (χ4v) is 7.56. The summed E-state index contributed by atoms with van der Waals surface area (Å²) >= 11 is 0. The number of hydrogen-bond acceptors (Lipinski definition) is 3. The summed E-state index contributed by atoms with van der Waals surface area (Å²) in [6, 6.07) is 0. The normalized spacial score (nSPS) is 48.8. The fraction of sp³-hybridized carbons (Fsp3) is 0.773. The van der Waals surface area contributed by atoms with Crippen LogP contribution in [0.3, 0.4) is 0 Å². The molecule has 0 aromatic rings. The third kappa shape index (κ3) is 2.27. The van der Waals surface area contributed by atoms with Gasteiger partial charge in [0.15, 0.2) is 5.78 Å². The van der Waals surface area contributed by atoms with Crippen molar-refractivity contribution in [2.45, 2.75) is 65.7 Å². The number of ketones is 2. The van der Waals surface area contributed by atoms with E-state index in [1.54, 1.807) is 6.92 Å². The Balaban J connectivity index is 1.70. The topological polar surface area (TPSA) is 51.2 Å². The summed E-state index contributed by atoms with van der Waals surface area (Å²) in [6.07, 6.45) is 9.86. The molecule has 0 bridgehead atoms. The predicted molar refractivity (Wildman–Crippen MR) is 95.8 cm³/mol. The molecule has 0 N–H and O–H groups in total. The molecule has 0 saturated heterocycles. The molecule has 3 heteroatoms. The number of allylic oxidation sites excluding steroid dienone is 1. The van der Waals surface area contributed by atoms with Crippen LogP contribution in [-0.2, 0) is 14.4 Å². The number of fused-ring (bicyclic) bond motifs is 5. The Hall–Kier alpha value is -1.25. The van der Waals surface area contributed by atoms with Crippen molar-refractivity contribution in [2.24, 2.45) is 40.4 Å². The smallest absolute Gasteiger partial charge is 0.155 e. The van der Waals surface area contributed by atoms with Crippen molar-refractivity contribution >= 4 is 17.9 Å².